The van der Waals surface area contributed by atoms with E-state index in [0.717, 1.165) is 19.2 Å². The maximum absolute atomic E-state index is 12.6. The normalized spacial score (nSPS) is 11.2. The largest absolute Gasteiger partial charge is 0.496 e. The maximum Gasteiger partial charge on any atom is 0.419 e. The number of halogens is 3. The lowest BCUT2D eigenvalue weighted by atomic mass is 9.94. The number of carbonyl (C=O) groups is 1. The van der Waals surface area contributed by atoms with Crippen LogP contribution in [-0.2, 0) is 6.18 Å². The molecular weight excluding hydrogens is 220 g/mol. The number of ketones is 1. The number of rotatable bonds is 3. The van der Waals surface area contributed by atoms with Crippen molar-refractivity contribution < 1.29 is 22.7 Å². The smallest absolute Gasteiger partial charge is 0.419 e. The van der Waals surface area contributed by atoms with Gasteiger partial charge in [0.1, 0.15) is 5.75 Å². The molecule has 0 saturated heterocycles. The molecule has 2 radical (unpaired) electrons. The molecule has 0 aromatic heterocycles. The fourth-order valence-electron chi connectivity index (χ4n) is 1.22. The number of hydrogen-bond acceptors (Lipinski definition) is 2. The van der Waals surface area contributed by atoms with Crippen LogP contribution in [0, 0.1) is 0 Å². The minimum Gasteiger partial charge on any atom is -0.496 e. The predicted molar refractivity (Wildman–Crippen MR) is 52.9 cm³/mol. The quantitative estimate of drug-likeness (QED) is 0.586. The molecular formula is C10H8BF3O2. The Labute approximate surface area is 91.8 Å². The van der Waals surface area contributed by atoms with Crippen LogP contribution in [0.2, 0.25) is 6.32 Å². The standard InChI is InChI=1S/C10H8BF3O2/c1-16-9-3-2-6(8(15)5-11)4-7(9)10(12,13)14/h2-4H,5H2,1H3. The topological polar surface area (TPSA) is 26.3 Å². The Morgan fingerprint density at radius 2 is 2.06 bits per heavy atom. The van der Waals surface area contributed by atoms with Gasteiger partial charge in [0.2, 0.25) is 0 Å². The van der Waals surface area contributed by atoms with Crippen LogP contribution in [0.25, 0.3) is 0 Å². The number of ether oxygens (including phenoxy) is 1. The highest BCUT2D eigenvalue weighted by Crippen LogP contribution is 2.36. The molecule has 16 heavy (non-hydrogen) atoms. The molecule has 84 valence electrons. The van der Waals surface area contributed by atoms with E-state index in [0.29, 0.717) is 0 Å². The second kappa shape index (κ2) is 4.59. The van der Waals surface area contributed by atoms with Crippen molar-refractivity contribution in [1.82, 2.24) is 0 Å². The summed E-state index contributed by atoms with van der Waals surface area (Å²) in [5.41, 5.74) is -1.05. The first-order valence-electron chi connectivity index (χ1n) is 4.38. The molecule has 0 fully saturated rings. The van der Waals surface area contributed by atoms with E-state index in [1.54, 1.807) is 0 Å². The zero-order chi connectivity index (χ0) is 12.3. The molecule has 0 amide bonds. The Kier molecular flexibility index (Phi) is 3.62. The summed E-state index contributed by atoms with van der Waals surface area (Å²) in [6, 6.07) is 3.10. The molecule has 0 bridgehead atoms. The minimum absolute atomic E-state index is 0.0735. The summed E-state index contributed by atoms with van der Waals surface area (Å²) in [4.78, 5) is 11.2. The minimum atomic E-state index is -4.56. The zero-order valence-corrected chi connectivity index (χ0v) is 8.47. The van der Waals surface area contributed by atoms with Gasteiger partial charge in [-0.2, -0.15) is 13.2 Å². The third-order valence-corrected chi connectivity index (χ3v) is 2.01. The van der Waals surface area contributed by atoms with E-state index in [9.17, 15) is 18.0 Å². The molecule has 0 unspecified atom stereocenters. The summed E-state index contributed by atoms with van der Waals surface area (Å²) < 4.78 is 42.3. The summed E-state index contributed by atoms with van der Waals surface area (Å²) in [7, 11) is 6.21. The van der Waals surface area contributed by atoms with E-state index in [-0.39, 0.29) is 17.6 Å². The van der Waals surface area contributed by atoms with E-state index in [1.807, 2.05) is 0 Å². The Morgan fingerprint density at radius 3 is 2.50 bits per heavy atom. The Balaban J connectivity index is 3.27. The molecule has 0 aliphatic rings. The molecule has 0 atom stereocenters. The van der Waals surface area contributed by atoms with Gasteiger partial charge in [-0.25, -0.2) is 0 Å². The third-order valence-electron chi connectivity index (χ3n) is 2.01. The zero-order valence-electron chi connectivity index (χ0n) is 8.47. The van der Waals surface area contributed by atoms with Crippen LogP contribution in [0.1, 0.15) is 15.9 Å². The molecule has 6 heteroatoms. The Hall–Kier alpha value is -1.46. The highest BCUT2D eigenvalue weighted by atomic mass is 19.4. The van der Waals surface area contributed by atoms with E-state index >= 15 is 0 Å². The van der Waals surface area contributed by atoms with Crippen molar-refractivity contribution in [2.24, 2.45) is 0 Å². The van der Waals surface area contributed by atoms with E-state index in [4.69, 9.17) is 7.85 Å². The van der Waals surface area contributed by atoms with Crippen LogP contribution in [0.15, 0.2) is 18.2 Å². The highest BCUT2D eigenvalue weighted by molar-refractivity contribution is 6.24. The van der Waals surface area contributed by atoms with Crippen molar-refractivity contribution >= 4 is 13.6 Å². The Morgan fingerprint density at radius 1 is 1.44 bits per heavy atom. The second-order valence-corrected chi connectivity index (χ2v) is 3.04. The number of hydrogen-bond donors (Lipinski definition) is 0. The van der Waals surface area contributed by atoms with Gasteiger partial charge in [-0.3, -0.25) is 4.79 Å². The van der Waals surface area contributed by atoms with E-state index in [2.05, 4.69) is 4.74 Å². The van der Waals surface area contributed by atoms with Gasteiger partial charge < -0.3 is 4.74 Å². The molecule has 1 aromatic carbocycles. The molecule has 2 nitrogen and oxygen atoms in total. The number of carbonyl (C=O) groups excluding carboxylic acids is 1. The summed E-state index contributed by atoms with van der Waals surface area (Å²) in [6.45, 7) is 0. The van der Waals surface area contributed by atoms with Crippen molar-refractivity contribution in [3.63, 3.8) is 0 Å². The molecule has 1 aromatic rings. The fraction of sp³-hybridized carbons (Fsp3) is 0.300. The number of methoxy groups -OCH3 is 1. The van der Waals surface area contributed by atoms with Gasteiger partial charge in [0.25, 0.3) is 0 Å². The van der Waals surface area contributed by atoms with Gasteiger partial charge in [0, 0.05) is 5.56 Å². The van der Waals surface area contributed by atoms with E-state index < -0.39 is 17.5 Å². The summed E-state index contributed by atoms with van der Waals surface area (Å²) in [5, 5.41) is 0. The van der Waals surface area contributed by atoms with Crippen molar-refractivity contribution in [3.8, 4) is 5.75 Å². The van der Waals surface area contributed by atoms with Gasteiger partial charge >= 0.3 is 6.18 Å². The average molecular weight is 228 g/mol. The van der Waals surface area contributed by atoms with E-state index in [1.165, 1.54) is 6.07 Å². The molecule has 1 rings (SSSR count). The Bertz CT molecular complexity index is 402. The van der Waals surface area contributed by atoms with Crippen LogP contribution in [0.5, 0.6) is 5.75 Å². The highest BCUT2D eigenvalue weighted by Gasteiger charge is 2.34. The van der Waals surface area contributed by atoms with Crippen molar-refractivity contribution in [2.75, 3.05) is 7.11 Å². The van der Waals surface area contributed by atoms with Crippen LogP contribution in [0.3, 0.4) is 0 Å². The van der Waals surface area contributed by atoms with Gasteiger partial charge in [-0.1, -0.05) is 0 Å². The molecule has 0 aliphatic carbocycles. The predicted octanol–water partition coefficient (Wildman–Crippen LogP) is 2.48. The molecule has 0 saturated carbocycles. The lowest BCUT2D eigenvalue weighted by Gasteiger charge is -2.12. The third kappa shape index (κ3) is 2.56. The van der Waals surface area contributed by atoms with Gasteiger partial charge in [0.15, 0.2) is 5.78 Å². The number of Topliss-reactive ketones (excluding diaryl/α,β-unsaturated/α-hetero) is 1. The second-order valence-electron chi connectivity index (χ2n) is 3.04. The molecule has 0 heterocycles. The van der Waals surface area contributed by atoms with Gasteiger partial charge in [0.05, 0.1) is 20.5 Å². The number of alkyl halides is 3. The lowest BCUT2D eigenvalue weighted by molar-refractivity contribution is -0.138. The van der Waals surface area contributed by atoms with Gasteiger partial charge in [-0.15, -0.1) is 0 Å². The summed E-state index contributed by atoms with van der Waals surface area (Å²) in [6.07, 6.45) is -4.89. The fourth-order valence-corrected chi connectivity index (χ4v) is 1.22. The lowest BCUT2D eigenvalue weighted by Crippen LogP contribution is -2.09. The molecule has 0 spiro atoms. The first-order valence-corrected chi connectivity index (χ1v) is 4.38. The van der Waals surface area contributed by atoms with Crippen molar-refractivity contribution in [2.45, 2.75) is 12.5 Å². The maximum atomic E-state index is 12.6. The summed E-state index contributed by atoms with van der Waals surface area (Å²) >= 11 is 0. The summed E-state index contributed by atoms with van der Waals surface area (Å²) in [5.74, 6) is -0.866. The molecule has 0 N–H and O–H groups in total. The van der Waals surface area contributed by atoms with Crippen LogP contribution < -0.4 is 4.74 Å². The van der Waals surface area contributed by atoms with Crippen LogP contribution >= 0.6 is 0 Å². The number of benzene rings is 1. The first kappa shape index (κ1) is 12.6. The van der Waals surface area contributed by atoms with Crippen LogP contribution in [-0.4, -0.2) is 20.7 Å². The first-order chi connectivity index (χ1) is 7.40. The van der Waals surface area contributed by atoms with Crippen LogP contribution in [0.4, 0.5) is 13.2 Å². The van der Waals surface area contributed by atoms with Crippen molar-refractivity contribution in [3.05, 3.63) is 29.3 Å². The monoisotopic (exact) mass is 228 g/mol. The van der Waals surface area contributed by atoms with Crippen molar-refractivity contribution in [1.29, 1.82) is 0 Å². The molecule has 0 aliphatic heterocycles. The SMILES string of the molecule is [B]CC(=O)c1ccc(OC)c(C(F)(F)F)c1. The van der Waals surface area contributed by atoms with Gasteiger partial charge in [-0.05, 0) is 24.5 Å². The average Bonchev–Trinajstić information content (AvgIpc) is 2.26.